The van der Waals surface area contributed by atoms with Crippen molar-refractivity contribution in [1.82, 2.24) is 14.8 Å². The Balaban J connectivity index is 2.47. The topological polar surface area (TPSA) is 103 Å². The maximum Gasteiger partial charge on any atom is 0.259 e. The Morgan fingerprint density at radius 2 is 2.17 bits per heavy atom. The van der Waals surface area contributed by atoms with Gasteiger partial charge in [0.2, 0.25) is 11.8 Å². The molecule has 0 spiro atoms. The summed E-state index contributed by atoms with van der Waals surface area (Å²) in [5.74, 6) is 5.20. The largest absolute Gasteiger partial charge is 0.472 e. The Morgan fingerprint density at radius 3 is 2.77 bits per heavy atom. The van der Waals surface area contributed by atoms with E-state index in [-0.39, 0.29) is 41.9 Å². The number of nitrogens with zero attached hydrogens (tertiary/aromatic N) is 3. The summed E-state index contributed by atoms with van der Waals surface area (Å²) in [6.45, 7) is 7.62. The van der Waals surface area contributed by atoms with Crippen LogP contribution in [0, 0.1) is 17.8 Å². The van der Waals surface area contributed by atoms with Crippen LogP contribution in [0.3, 0.4) is 0 Å². The Kier molecular flexibility index (Phi) is 8.21. The Hall–Kier alpha value is -2.63. The van der Waals surface area contributed by atoms with Crippen LogP contribution in [0.5, 0.6) is 5.88 Å². The van der Waals surface area contributed by atoms with Crippen molar-refractivity contribution < 1.29 is 24.5 Å². The first-order valence-corrected chi connectivity index (χ1v) is 10.2. The standard InChI is InChI=1S/C22H31N3O5/c1-6-20(28)24(5)12-19-14(2)11-25(15(3)13-26)22(29)18-9-17(8-7-16(4)27)10-23-21(18)30-19/h9-10,14-16,19,26-27H,6,11-13H2,1-5H3/t14-,15-,16+,19-/m0/s1. The molecule has 1 aromatic rings. The number of fused-ring (bicyclic) bond motifs is 1. The molecule has 0 saturated carbocycles. The van der Waals surface area contributed by atoms with Gasteiger partial charge in [-0.15, -0.1) is 0 Å². The Labute approximate surface area is 177 Å². The lowest BCUT2D eigenvalue weighted by atomic mass is 10.00. The normalized spacial score (nSPS) is 20.6. The number of carbonyl (C=O) groups excluding carboxylic acids is 2. The molecule has 8 heteroatoms. The molecule has 8 nitrogen and oxygen atoms in total. The van der Waals surface area contributed by atoms with Crippen molar-refractivity contribution in [3.63, 3.8) is 0 Å². The number of rotatable bonds is 5. The first-order chi connectivity index (χ1) is 14.2. The number of carbonyl (C=O) groups is 2. The first kappa shape index (κ1) is 23.6. The quantitative estimate of drug-likeness (QED) is 0.690. The van der Waals surface area contributed by atoms with Crippen LogP contribution < -0.4 is 4.74 Å². The molecule has 1 aliphatic rings. The summed E-state index contributed by atoms with van der Waals surface area (Å²) in [7, 11) is 1.73. The first-order valence-electron chi connectivity index (χ1n) is 10.2. The number of aromatic nitrogens is 1. The van der Waals surface area contributed by atoms with Gasteiger partial charge in [0.15, 0.2) is 0 Å². The zero-order valence-corrected chi connectivity index (χ0v) is 18.3. The Morgan fingerprint density at radius 1 is 1.47 bits per heavy atom. The van der Waals surface area contributed by atoms with Gasteiger partial charge in [-0.2, -0.15) is 0 Å². The van der Waals surface area contributed by atoms with E-state index in [0.29, 0.717) is 25.1 Å². The predicted molar refractivity (Wildman–Crippen MR) is 112 cm³/mol. The summed E-state index contributed by atoms with van der Waals surface area (Å²) < 4.78 is 6.11. The van der Waals surface area contributed by atoms with Crippen molar-refractivity contribution in [2.45, 2.75) is 52.4 Å². The SMILES string of the molecule is CCC(=O)N(C)C[C@@H]1Oc2ncc(C#C[C@@H](C)O)cc2C(=O)N([C@@H](C)CO)C[C@@H]1C. The van der Waals surface area contributed by atoms with Crippen LogP contribution in [0.15, 0.2) is 12.3 Å². The van der Waals surface area contributed by atoms with E-state index in [2.05, 4.69) is 16.8 Å². The lowest BCUT2D eigenvalue weighted by molar-refractivity contribution is -0.131. The molecule has 2 rings (SSSR count). The van der Waals surface area contributed by atoms with Gasteiger partial charge in [-0.1, -0.05) is 25.7 Å². The molecular formula is C22H31N3O5. The second-order valence-corrected chi connectivity index (χ2v) is 7.77. The van der Waals surface area contributed by atoms with Gasteiger partial charge >= 0.3 is 0 Å². The molecule has 164 valence electrons. The summed E-state index contributed by atoms with van der Waals surface area (Å²) in [6, 6.07) is 1.19. The molecule has 0 bridgehead atoms. The lowest BCUT2D eigenvalue weighted by Crippen LogP contribution is -2.50. The molecule has 1 aliphatic heterocycles. The van der Waals surface area contributed by atoms with Crippen molar-refractivity contribution >= 4 is 11.8 Å². The summed E-state index contributed by atoms with van der Waals surface area (Å²) in [4.78, 5) is 32.8. The summed E-state index contributed by atoms with van der Waals surface area (Å²) in [6.07, 6.45) is 0.699. The number of hydrogen-bond acceptors (Lipinski definition) is 6. The average molecular weight is 418 g/mol. The number of ether oxygens (including phenoxy) is 1. The smallest absolute Gasteiger partial charge is 0.259 e. The van der Waals surface area contributed by atoms with Gasteiger partial charge in [0.05, 0.1) is 19.2 Å². The summed E-state index contributed by atoms with van der Waals surface area (Å²) >= 11 is 0. The number of aliphatic hydroxyl groups excluding tert-OH is 2. The van der Waals surface area contributed by atoms with Crippen LogP contribution >= 0.6 is 0 Å². The number of pyridine rings is 1. The minimum absolute atomic E-state index is 0.00134. The van der Waals surface area contributed by atoms with Gasteiger partial charge in [-0.05, 0) is 19.9 Å². The zero-order chi connectivity index (χ0) is 22.4. The van der Waals surface area contributed by atoms with Gasteiger partial charge in [-0.25, -0.2) is 4.98 Å². The fourth-order valence-corrected chi connectivity index (χ4v) is 3.22. The van der Waals surface area contributed by atoms with E-state index in [1.54, 1.807) is 43.7 Å². The molecule has 4 atom stereocenters. The van der Waals surface area contributed by atoms with Crippen LogP contribution in [0.1, 0.15) is 50.0 Å². The third-order valence-corrected chi connectivity index (χ3v) is 5.13. The fraction of sp³-hybridized carbons (Fsp3) is 0.591. The van der Waals surface area contributed by atoms with Crippen LogP contribution in [0.2, 0.25) is 0 Å². The van der Waals surface area contributed by atoms with Crippen molar-refractivity contribution in [3.05, 3.63) is 23.4 Å². The molecule has 0 radical (unpaired) electrons. The van der Waals surface area contributed by atoms with E-state index in [1.165, 1.54) is 6.20 Å². The number of aliphatic hydroxyl groups is 2. The highest BCUT2D eigenvalue weighted by Gasteiger charge is 2.34. The van der Waals surface area contributed by atoms with Crippen LogP contribution in [0.4, 0.5) is 0 Å². The van der Waals surface area contributed by atoms with E-state index in [0.717, 1.165) is 0 Å². The van der Waals surface area contributed by atoms with Gasteiger partial charge in [0.25, 0.3) is 5.91 Å². The zero-order valence-electron chi connectivity index (χ0n) is 18.3. The van der Waals surface area contributed by atoms with E-state index in [4.69, 9.17) is 4.74 Å². The minimum Gasteiger partial charge on any atom is -0.472 e. The summed E-state index contributed by atoms with van der Waals surface area (Å²) in [5.41, 5.74) is 0.723. The van der Waals surface area contributed by atoms with E-state index in [1.807, 2.05) is 6.92 Å². The number of hydrogen-bond donors (Lipinski definition) is 2. The van der Waals surface area contributed by atoms with Crippen molar-refractivity contribution in [3.8, 4) is 17.7 Å². The van der Waals surface area contributed by atoms with Crippen molar-refractivity contribution in [1.29, 1.82) is 0 Å². The molecule has 0 unspecified atom stereocenters. The molecular weight excluding hydrogens is 386 g/mol. The second kappa shape index (κ2) is 10.4. The van der Waals surface area contributed by atoms with E-state index >= 15 is 0 Å². The number of likely N-dealkylation sites (N-methyl/N-ethyl adjacent to an activating group) is 1. The predicted octanol–water partition coefficient (Wildman–Crippen LogP) is 0.902. The average Bonchev–Trinajstić information content (AvgIpc) is 2.73. The second-order valence-electron chi connectivity index (χ2n) is 7.77. The highest BCUT2D eigenvalue weighted by molar-refractivity contribution is 5.97. The highest BCUT2D eigenvalue weighted by Crippen LogP contribution is 2.27. The fourth-order valence-electron chi connectivity index (χ4n) is 3.22. The monoisotopic (exact) mass is 417 g/mol. The number of amides is 2. The molecule has 2 amide bonds. The van der Waals surface area contributed by atoms with Crippen LogP contribution in [-0.4, -0.2) is 81.8 Å². The van der Waals surface area contributed by atoms with Gasteiger partial charge < -0.3 is 24.7 Å². The third-order valence-electron chi connectivity index (χ3n) is 5.13. The molecule has 30 heavy (non-hydrogen) atoms. The molecule has 0 aromatic carbocycles. The lowest BCUT2D eigenvalue weighted by Gasteiger charge is -2.37. The van der Waals surface area contributed by atoms with Crippen LogP contribution in [-0.2, 0) is 4.79 Å². The van der Waals surface area contributed by atoms with Crippen molar-refractivity contribution in [2.24, 2.45) is 5.92 Å². The molecule has 0 saturated heterocycles. The maximum absolute atomic E-state index is 13.2. The van der Waals surface area contributed by atoms with Crippen molar-refractivity contribution in [2.75, 3.05) is 26.7 Å². The minimum atomic E-state index is -0.804. The van der Waals surface area contributed by atoms with E-state index < -0.39 is 12.1 Å². The molecule has 1 aromatic heterocycles. The van der Waals surface area contributed by atoms with Gasteiger partial charge in [0.1, 0.15) is 17.8 Å². The third kappa shape index (κ3) is 5.71. The van der Waals surface area contributed by atoms with Crippen LogP contribution in [0.25, 0.3) is 0 Å². The summed E-state index contributed by atoms with van der Waals surface area (Å²) in [5, 5.41) is 19.1. The van der Waals surface area contributed by atoms with Gasteiger partial charge in [0, 0.05) is 37.7 Å². The molecule has 0 aliphatic carbocycles. The molecule has 0 fully saturated rings. The highest BCUT2D eigenvalue weighted by atomic mass is 16.5. The van der Waals surface area contributed by atoms with E-state index in [9.17, 15) is 19.8 Å². The maximum atomic E-state index is 13.2. The molecule has 2 N–H and O–H groups in total. The Bertz CT molecular complexity index is 830. The molecule has 2 heterocycles. The van der Waals surface area contributed by atoms with Gasteiger partial charge in [-0.3, -0.25) is 9.59 Å².